The number of nitrogens with one attached hydrogen (secondary N) is 3. The van der Waals surface area contributed by atoms with Crippen LogP contribution in [0.3, 0.4) is 0 Å². The topological polar surface area (TPSA) is 86.9 Å². The molecule has 2 rings (SSSR count). The van der Waals surface area contributed by atoms with Gasteiger partial charge in [0.1, 0.15) is 4.90 Å². The van der Waals surface area contributed by atoms with Gasteiger partial charge in [-0.25, -0.2) is 13.1 Å². The van der Waals surface area contributed by atoms with Gasteiger partial charge >= 0.3 is 0 Å². The summed E-state index contributed by atoms with van der Waals surface area (Å²) in [6.07, 6.45) is 5.29. The zero-order valence-corrected chi connectivity index (χ0v) is 13.9. The van der Waals surface area contributed by atoms with E-state index in [0.29, 0.717) is 28.7 Å². The normalized spacial score (nSPS) is 23.4. The first-order chi connectivity index (χ1) is 9.97. The zero-order valence-electron chi connectivity index (χ0n) is 13.1. The molecule has 1 aromatic rings. The Morgan fingerprint density at radius 2 is 2.14 bits per heavy atom. The van der Waals surface area contributed by atoms with Gasteiger partial charge in [0, 0.05) is 12.6 Å². The average Bonchev–Trinajstić information content (AvgIpc) is 2.81. The molecule has 2 unspecified atom stereocenters. The second-order valence-corrected chi connectivity index (χ2v) is 7.56. The van der Waals surface area contributed by atoms with E-state index in [1.165, 1.54) is 6.42 Å². The van der Waals surface area contributed by atoms with Gasteiger partial charge in [0.2, 0.25) is 10.0 Å². The van der Waals surface area contributed by atoms with E-state index in [2.05, 4.69) is 27.2 Å². The van der Waals surface area contributed by atoms with Crippen LogP contribution in [-0.2, 0) is 16.6 Å². The molecule has 0 spiro atoms. The fraction of sp³-hybridized carbons (Fsp3) is 0.786. The Labute approximate surface area is 127 Å². The molecule has 1 saturated carbocycles. The quantitative estimate of drug-likeness (QED) is 0.745. The third-order valence-electron chi connectivity index (χ3n) is 4.26. The molecular formula is C14H26N4O2S. The second-order valence-electron chi connectivity index (χ2n) is 5.91. The first-order valence-electron chi connectivity index (χ1n) is 7.68. The van der Waals surface area contributed by atoms with Gasteiger partial charge in [-0.1, -0.05) is 26.2 Å². The van der Waals surface area contributed by atoms with Gasteiger partial charge in [0.05, 0.1) is 11.4 Å². The Morgan fingerprint density at radius 1 is 1.38 bits per heavy atom. The molecule has 0 aliphatic heterocycles. The van der Waals surface area contributed by atoms with E-state index in [1.54, 1.807) is 14.0 Å². The largest absolute Gasteiger partial charge is 0.314 e. The van der Waals surface area contributed by atoms with Crippen molar-refractivity contribution in [3.05, 3.63) is 11.4 Å². The summed E-state index contributed by atoms with van der Waals surface area (Å²) in [6, 6.07) is 0.0467. The summed E-state index contributed by atoms with van der Waals surface area (Å²) < 4.78 is 28.2. The third-order valence-corrected chi connectivity index (χ3v) is 5.98. The Morgan fingerprint density at radius 3 is 2.81 bits per heavy atom. The number of rotatable bonds is 6. The summed E-state index contributed by atoms with van der Waals surface area (Å²) in [6.45, 7) is 4.35. The predicted molar refractivity (Wildman–Crippen MR) is 82.4 cm³/mol. The summed E-state index contributed by atoms with van der Waals surface area (Å²) in [5.41, 5.74) is 1.14. The second kappa shape index (κ2) is 6.89. The van der Waals surface area contributed by atoms with Crippen molar-refractivity contribution in [2.45, 2.75) is 63.4 Å². The van der Waals surface area contributed by atoms with Crippen LogP contribution in [0.5, 0.6) is 0 Å². The SMILES string of the molecule is CCC1CCCC(NS(=O)(=O)c2c(CNC)n[nH]c2C)C1. The van der Waals surface area contributed by atoms with Gasteiger partial charge in [-0.2, -0.15) is 5.10 Å². The van der Waals surface area contributed by atoms with Gasteiger partial charge in [-0.15, -0.1) is 0 Å². The molecule has 7 heteroatoms. The number of aryl methyl sites for hydroxylation is 1. The molecule has 1 aliphatic rings. The molecule has 6 nitrogen and oxygen atoms in total. The standard InChI is InChI=1S/C14H26N4O2S/c1-4-11-6-5-7-12(8-11)18-21(19,20)14-10(2)16-17-13(14)9-15-3/h11-12,15,18H,4-9H2,1-3H3,(H,16,17). The van der Waals surface area contributed by atoms with Crippen LogP contribution in [0, 0.1) is 12.8 Å². The lowest BCUT2D eigenvalue weighted by Gasteiger charge is -2.28. The molecule has 2 atom stereocenters. The van der Waals surface area contributed by atoms with Crippen LogP contribution in [0.4, 0.5) is 0 Å². The summed E-state index contributed by atoms with van der Waals surface area (Å²) >= 11 is 0. The summed E-state index contributed by atoms with van der Waals surface area (Å²) in [5, 5.41) is 9.82. The molecule has 0 radical (unpaired) electrons. The molecule has 3 N–H and O–H groups in total. The summed E-state index contributed by atoms with van der Waals surface area (Å²) in [5.74, 6) is 0.633. The highest BCUT2D eigenvalue weighted by Gasteiger charge is 2.29. The molecule has 0 aromatic carbocycles. The maximum absolute atomic E-state index is 12.7. The number of nitrogens with zero attached hydrogens (tertiary/aromatic N) is 1. The third kappa shape index (κ3) is 3.84. The lowest BCUT2D eigenvalue weighted by atomic mass is 9.85. The average molecular weight is 314 g/mol. The Bertz CT molecular complexity index is 568. The van der Waals surface area contributed by atoms with Crippen molar-refractivity contribution in [1.29, 1.82) is 0 Å². The summed E-state index contributed by atoms with van der Waals surface area (Å²) in [4.78, 5) is 0.301. The number of sulfonamides is 1. The smallest absolute Gasteiger partial charge is 0.244 e. The van der Waals surface area contributed by atoms with Crippen LogP contribution < -0.4 is 10.0 Å². The van der Waals surface area contributed by atoms with Crippen molar-refractivity contribution in [3.63, 3.8) is 0 Å². The lowest BCUT2D eigenvalue weighted by molar-refractivity contribution is 0.301. The van der Waals surface area contributed by atoms with E-state index in [0.717, 1.165) is 25.7 Å². The van der Waals surface area contributed by atoms with Crippen LogP contribution >= 0.6 is 0 Å². The van der Waals surface area contributed by atoms with Crippen LogP contribution in [0.25, 0.3) is 0 Å². The molecule has 120 valence electrons. The Balaban J connectivity index is 2.16. The minimum atomic E-state index is -3.52. The van der Waals surface area contributed by atoms with Crippen molar-refractivity contribution < 1.29 is 8.42 Å². The highest BCUT2D eigenvalue weighted by molar-refractivity contribution is 7.89. The maximum atomic E-state index is 12.7. The highest BCUT2D eigenvalue weighted by atomic mass is 32.2. The number of H-pyrrole nitrogens is 1. The van der Waals surface area contributed by atoms with Gasteiger partial charge < -0.3 is 5.32 Å². The van der Waals surface area contributed by atoms with E-state index >= 15 is 0 Å². The van der Waals surface area contributed by atoms with Crippen LogP contribution in [0.2, 0.25) is 0 Å². The Hall–Kier alpha value is -0.920. The van der Waals surface area contributed by atoms with E-state index in [9.17, 15) is 8.42 Å². The van der Waals surface area contributed by atoms with E-state index < -0.39 is 10.0 Å². The van der Waals surface area contributed by atoms with Gasteiger partial charge in [0.25, 0.3) is 0 Å². The van der Waals surface area contributed by atoms with Crippen LogP contribution in [0.1, 0.15) is 50.4 Å². The van der Waals surface area contributed by atoms with Crippen LogP contribution in [0.15, 0.2) is 4.90 Å². The minimum Gasteiger partial charge on any atom is -0.314 e. The van der Waals surface area contributed by atoms with E-state index in [-0.39, 0.29) is 6.04 Å². The first-order valence-corrected chi connectivity index (χ1v) is 9.17. The molecule has 0 saturated heterocycles. The Kier molecular flexibility index (Phi) is 5.40. The van der Waals surface area contributed by atoms with Crippen LogP contribution in [-0.4, -0.2) is 31.7 Å². The van der Waals surface area contributed by atoms with Gasteiger partial charge in [-0.3, -0.25) is 5.10 Å². The molecule has 1 aromatic heterocycles. The maximum Gasteiger partial charge on any atom is 0.244 e. The number of hydrogen-bond donors (Lipinski definition) is 3. The molecule has 1 fully saturated rings. The van der Waals surface area contributed by atoms with Crippen molar-refractivity contribution >= 4 is 10.0 Å². The number of hydrogen-bond acceptors (Lipinski definition) is 4. The number of aromatic nitrogens is 2. The molecule has 21 heavy (non-hydrogen) atoms. The van der Waals surface area contributed by atoms with Gasteiger partial charge in [0.15, 0.2) is 0 Å². The molecular weight excluding hydrogens is 288 g/mol. The van der Waals surface area contributed by atoms with Crippen molar-refractivity contribution in [3.8, 4) is 0 Å². The van der Waals surface area contributed by atoms with E-state index in [1.807, 2.05) is 0 Å². The number of aromatic amines is 1. The lowest BCUT2D eigenvalue weighted by Crippen LogP contribution is -2.38. The fourth-order valence-electron chi connectivity index (χ4n) is 3.16. The van der Waals surface area contributed by atoms with Gasteiger partial charge in [-0.05, 0) is 32.7 Å². The predicted octanol–water partition coefficient (Wildman–Crippen LogP) is 1.68. The molecule has 1 heterocycles. The zero-order chi connectivity index (χ0) is 15.5. The molecule has 0 amide bonds. The fourth-order valence-corrected chi connectivity index (χ4v) is 4.81. The molecule has 0 bridgehead atoms. The molecule has 1 aliphatic carbocycles. The minimum absolute atomic E-state index is 0.0467. The van der Waals surface area contributed by atoms with Crippen molar-refractivity contribution in [2.24, 2.45) is 5.92 Å². The van der Waals surface area contributed by atoms with Crippen molar-refractivity contribution in [2.75, 3.05) is 7.05 Å². The summed E-state index contributed by atoms with van der Waals surface area (Å²) in [7, 11) is -1.74. The first kappa shape index (κ1) is 16.5. The monoisotopic (exact) mass is 314 g/mol. The van der Waals surface area contributed by atoms with Crippen molar-refractivity contribution in [1.82, 2.24) is 20.2 Å². The van der Waals surface area contributed by atoms with E-state index in [4.69, 9.17) is 0 Å². The highest BCUT2D eigenvalue weighted by Crippen LogP contribution is 2.28.